The van der Waals surface area contributed by atoms with Crippen molar-refractivity contribution in [2.24, 2.45) is 0 Å². The van der Waals surface area contributed by atoms with Gasteiger partial charge in [0.1, 0.15) is 17.1 Å². The number of nitrogens with zero attached hydrogens (tertiary/aromatic N) is 2. The minimum atomic E-state index is -0.512. The number of nitrogens with one attached hydrogen (secondary N) is 1. The van der Waals surface area contributed by atoms with Crippen LogP contribution >= 0.6 is 12.2 Å². The van der Waals surface area contributed by atoms with Gasteiger partial charge in [0.15, 0.2) is 5.11 Å². The SMILES string of the molecule is CCOc1ccc(-n2c(C)cc(/C=C3/C(=O)NC(=S)N(Cc4ccco4)C3=O)c2C)cc1. The third-order valence-electron chi connectivity index (χ3n) is 5.26. The van der Waals surface area contributed by atoms with Gasteiger partial charge in [-0.25, -0.2) is 0 Å². The number of aromatic nitrogens is 1. The highest BCUT2D eigenvalue weighted by atomic mass is 32.1. The summed E-state index contributed by atoms with van der Waals surface area (Å²) in [5.74, 6) is 0.408. The van der Waals surface area contributed by atoms with Crippen molar-refractivity contribution in [2.45, 2.75) is 27.3 Å². The van der Waals surface area contributed by atoms with Gasteiger partial charge < -0.3 is 13.7 Å². The summed E-state index contributed by atoms with van der Waals surface area (Å²) in [5, 5.41) is 2.66. The average molecular weight is 450 g/mol. The van der Waals surface area contributed by atoms with E-state index in [4.69, 9.17) is 21.4 Å². The normalized spacial score (nSPS) is 15.4. The predicted octanol–water partition coefficient (Wildman–Crippen LogP) is 3.91. The molecular formula is C24H23N3O4S. The maximum Gasteiger partial charge on any atom is 0.266 e. The quantitative estimate of drug-likeness (QED) is 0.351. The monoisotopic (exact) mass is 449 g/mol. The van der Waals surface area contributed by atoms with E-state index in [9.17, 15) is 9.59 Å². The first-order chi connectivity index (χ1) is 15.4. The van der Waals surface area contributed by atoms with Gasteiger partial charge in [-0.2, -0.15) is 0 Å². The Morgan fingerprint density at radius 1 is 1.16 bits per heavy atom. The van der Waals surface area contributed by atoms with E-state index in [2.05, 4.69) is 9.88 Å². The first-order valence-corrected chi connectivity index (χ1v) is 10.6. The van der Waals surface area contributed by atoms with Gasteiger partial charge in [-0.1, -0.05) is 0 Å². The summed E-state index contributed by atoms with van der Waals surface area (Å²) in [6.07, 6.45) is 3.14. The van der Waals surface area contributed by atoms with Gasteiger partial charge in [0.25, 0.3) is 11.8 Å². The lowest BCUT2D eigenvalue weighted by Crippen LogP contribution is -2.53. The lowest BCUT2D eigenvalue weighted by atomic mass is 10.1. The van der Waals surface area contributed by atoms with E-state index in [0.717, 1.165) is 28.4 Å². The smallest absolute Gasteiger partial charge is 0.266 e. The Morgan fingerprint density at radius 3 is 2.56 bits per heavy atom. The molecule has 1 aliphatic rings. The molecule has 0 radical (unpaired) electrons. The Hall–Kier alpha value is -3.65. The molecule has 4 rings (SSSR count). The fourth-order valence-electron chi connectivity index (χ4n) is 3.74. The highest BCUT2D eigenvalue weighted by Crippen LogP contribution is 2.26. The van der Waals surface area contributed by atoms with Crippen molar-refractivity contribution in [1.29, 1.82) is 0 Å². The van der Waals surface area contributed by atoms with Crippen LogP contribution in [0.2, 0.25) is 0 Å². The summed E-state index contributed by atoms with van der Waals surface area (Å²) in [4.78, 5) is 27.0. The summed E-state index contributed by atoms with van der Waals surface area (Å²) < 4.78 is 12.9. The molecule has 0 bridgehead atoms. The molecule has 1 N–H and O–H groups in total. The van der Waals surface area contributed by atoms with Gasteiger partial charge >= 0.3 is 0 Å². The van der Waals surface area contributed by atoms with Crippen LogP contribution in [0.3, 0.4) is 0 Å². The largest absolute Gasteiger partial charge is 0.494 e. The van der Waals surface area contributed by atoms with Gasteiger partial charge in [0, 0.05) is 17.1 Å². The Bertz CT molecular complexity index is 1210. The van der Waals surface area contributed by atoms with Gasteiger partial charge in [0.05, 0.1) is 19.4 Å². The third-order valence-corrected chi connectivity index (χ3v) is 5.58. The Balaban J connectivity index is 1.66. The molecule has 3 heterocycles. The van der Waals surface area contributed by atoms with E-state index < -0.39 is 11.8 Å². The van der Waals surface area contributed by atoms with Gasteiger partial charge in [0.2, 0.25) is 0 Å². The molecule has 7 nitrogen and oxygen atoms in total. The third kappa shape index (κ3) is 4.09. The predicted molar refractivity (Wildman–Crippen MR) is 124 cm³/mol. The van der Waals surface area contributed by atoms with Crippen LogP contribution in [-0.2, 0) is 16.1 Å². The number of carbonyl (C=O) groups excluding carboxylic acids is 2. The molecular weight excluding hydrogens is 426 g/mol. The van der Waals surface area contributed by atoms with Crippen molar-refractivity contribution in [2.75, 3.05) is 6.61 Å². The highest BCUT2D eigenvalue weighted by Gasteiger charge is 2.34. The molecule has 0 saturated carbocycles. The van der Waals surface area contributed by atoms with Crippen molar-refractivity contribution in [3.63, 3.8) is 0 Å². The number of furan rings is 1. The molecule has 1 saturated heterocycles. The molecule has 8 heteroatoms. The summed E-state index contributed by atoms with van der Waals surface area (Å²) in [7, 11) is 0. The summed E-state index contributed by atoms with van der Waals surface area (Å²) in [6.45, 7) is 6.63. The van der Waals surface area contributed by atoms with Crippen molar-refractivity contribution < 1.29 is 18.7 Å². The first kappa shape index (κ1) is 21.6. The fraction of sp³-hybridized carbons (Fsp3) is 0.208. The molecule has 0 spiro atoms. The number of hydrogen-bond acceptors (Lipinski definition) is 5. The average Bonchev–Trinajstić information content (AvgIpc) is 3.37. The maximum atomic E-state index is 13.1. The van der Waals surface area contributed by atoms with Crippen LogP contribution in [0.1, 0.15) is 29.6 Å². The van der Waals surface area contributed by atoms with E-state index in [0.29, 0.717) is 12.4 Å². The molecule has 0 aliphatic carbocycles. The molecule has 1 fully saturated rings. The number of benzene rings is 1. The van der Waals surface area contributed by atoms with Crippen LogP contribution in [-0.4, -0.2) is 33.0 Å². The number of amides is 2. The topological polar surface area (TPSA) is 76.7 Å². The Labute approximate surface area is 191 Å². The summed E-state index contributed by atoms with van der Waals surface area (Å²) in [5.41, 5.74) is 3.65. The Morgan fingerprint density at radius 2 is 1.91 bits per heavy atom. The lowest BCUT2D eigenvalue weighted by molar-refractivity contribution is -0.129. The number of hydrogen-bond donors (Lipinski definition) is 1. The van der Waals surface area contributed by atoms with E-state index in [-0.39, 0.29) is 17.2 Å². The van der Waals surface area contributed by atoms with Crippen molar-refractivity contribution >= 4 is 35.2 Å². The van der Waals surface area contributed by atoms with E-state index in [1.54, 1.807) is 18.2 Å². The van der Waals surface area contributed by atoms with Crippen LogP contribution in [0, 0.1) is 13.8 Å². The van der Waals surface area contributed by atoms with Crippen LogP contribution in [0.4, 0.5) is 0 Å². The van der Waals surface area contributed by atoms with E-state index in [1.807, 2.05) is 51.1 Å². The first-order valence-electron chi connectivity index (χ1n) is 10.2. The molecule has 2 aromatic heterocycles. The lowest BCUT2D eigenvalue weighted by Gasteiger charge is -2.28. The van der Waals surface area contributed by atoms with Crippen molar-refractivity contribution in [3.8, 4) is 11.4 Å². The van der Waals surface area contributed by atoms with Crippen LogP contribution in [0.5, 0.6) is 5.75 Å². The zero-order valence-corrected chi connectivity index (χ0v) is 18.9. The molecule has 32 heavy (non-hydrogen) atoms. The van der Waals surface area contributed by atoms with Crippen molar-refractivity contribution in [1.82, 2.24) is 14.8 Å². The molecule has 1 aliphatic heterocycles. The zero-order chi connectivity index (χ0) is 22.8. The summed E-state index contributed by atoms with van der Waals surface area (Å²) in [6, 6.07) is 13.2. The minimum absolute atomic E-state index is 0.0251. The number of thiocarbonyl (C=S) groups is 1. The van der Waals surface area contributed by atoms with Gasteiger partial charge in [-0.05, 0) is 87.1 Å². The second-order valence-electron chi connectivity index (χ2n) is 7.38. The number of rotatable bonds is 6. The van der Waals surface area contributed by atoms with Crippen molar-refractivity contribution in [3.05, 3.63) is 77.0 Å². The summed E-state index contributed by atoms with van der Waals surface area (Å²) >= 11 is 5.21. The molecule has 1 aromatic carbocycles. The highest BCUT2D eigenvalue weighted by molar-refractivity contribution is 7.80. The zero-order valence-electron chi connectivity index (χ0n) is 18.0. The second-order valence-corrected chi connectivity index (χ2v) is 7.76. The van der Waals surface area contributed by atoms with Gasteiger partial charge in [-0.3, -0.25) is 19.8 Å². The second kappa shape index (κ2) is 8.84. The molecule has 0 atom stereocenters. The van der Waals surface area contributed by atoms with Crippen LogP contribution < -0.4 is 10.1 Å². The fourth-order valence-corrected chi connectivity index (χ4v) is 3.98. The van der Waals surface area contributed by atoms with Crippen LogP contribution in [0.15, 0.2) is 58.7 Å². The molecule has 3 aromatic rings. The Kier molecular flexibility index (Phi) is 5.96. The van der Waals surface area contributed by atoms with E-state index in [1.165, 1.54) is 11.2 Å². The van der Waals surface area contributed by atoms with Crippen LogP contribution in [0.25, 0.3) is 11.8 Å². The molecule has 164 valence electrons. The standard InChI is InChI=1S/C24H23N3O4S/c1-4-30-19-9-7-18(8-10-19)27-15(2)12-17(16(27)3)13-21-22(28)25-24(32)26(23(21)29)14-20-6-5-11-31-20/h5-13H,4,14H2,1-3H3,(H,25,28,32)/b21-13-. The van der Waals surface area contributed by atoms with Gasteiger partial charge in [-0.15, -0.1) is 0 Å². The molecule has 2 amide bonds. The maximum absolute atomic E-state index is 13.1. The number of ether oxygens (including phenoxy) is 1. The minimum Gasteiger partial charge on any atom is -0.494 e. The number of aryl methyl sites for hydroxylation is 1. The number of carbonyl (C=O) groups is 2. The van der Waals surface area contributed by atoms with E-state index >= 15 is 0 Å². The molecule has 0 unspecified atom stereocenters.